The van der Waals surface area contributed by atoms with E-state index in [0.717, 1.165) is 11.8 Å². The van der Waals surface area contributed by atoms with Gasteiger partial charge in [-0.1, -0.05) is 19.9 Å². The predicted molar refractivity (Wildman–Crippen MR) is 57.3 cm³/mol. The van der Waals surface area contributed by atoms with Gasteiger partial charge in [0.25, 0.3) is 0 Å². The molecule has 3 nitrogen and oxygen atoms in total. The van der Waals surface area contributed by atoms with E-state index in [1.165, 1.54) is 12.1 Å². The predicted octanol–water partition coefficient (Wildman–Crippen LogP) is 2.13. The molecule has 14 heavy (non-hydrogen) atoms. The first-order valence-electron chi connectivity index (χ1n) is 4.41. The van der Waals surface area contributed by atoms with Crippen LogP contribution >= 0.6 is 0 Å². The van der Waals surface area contributed by atoms with E-state index in [9.17, 15) is 13.5 Å². The Kier molecular flexibility index (Phi) is 4.63. The van der Waals surface area contributed by atoms with E-state index in [1.807, 2.05) is 13.8 Å². The van der Waals surface area contributed by atoms with Crippen molar-refractivity contribution >= 4 is 9.84 Å². The van der Waals surface area contributed by atoms with Gasteiger partial charge < -0.3 is 5.11 Å². The number of sulfone groups is 1. The van der Waals surface area contributed by atoms with Crippen LogP contribution in [0.25, 0.3) is 0 Å². The van der Waals surface area contributed by atoms with Crippen molar-refractivity contribution in [3.63, 3.8) is 0 Å². The lowest BCUT2D eigenvalue weighted by Gasteiger charge is -2.01. The molecule has 0 fully saturated rings. The van der Waals surface area contributed by atoms with Crippen molar-refractivity contribution < 1.29 is 13.5 Å². The number of hydrogen-bond donors (Lipinski definition) is 1. The Bertz CT molecular complexity index is 394. The second kappa shape index (κ2) is 5.00. The summed E-state index contributed by atoms with van der Waals surface area (Å²) in [7, 11) is -3.30. The Morgan fingerprint density at radius 1 is 1.21 bits per heavy atom. The Labute approximate surface area is 85.3 Å². The summed E-state index contributed by atoms with van der Waals surface area (Å²) in [6.45, 7) is 5.78. The van der Waals surface area contributed by atoms with Crippen LogP contribution < -0.4 is 0 Å². The first kappa shape index (κ1) is 13.0. The minimum Gasteiger partial charge on any atom is -0.507 e. The SMILES string of the molecule is CC.Cc1ccc(S(C)(=O)=O)c(O)c1. The van der Waals surface area contributed by atoms with E-state index < -0.39 is 9.84 Å². The van der Waals surface area contributed by atoms with E-state index >= 15 is 0 Å². The monoisotopic (exact) mass is 216 g/mol. The quantitative estimate of drug-likeness (QED) is 0.782. The maximum absolute atomic E-state index is 11.0. The molecule has 0 amide bonds. The maximum atomic E-state index is 11.0. The average Bonchev–Trinajstić information content (AvgIpc) is 2.05. The van der Waals surface area contributed by atoms with Crippen LogP contribution in [0.5, 0.6) is 5.75 Å². The molecule has 0 spiro atoms. The van der Waals surface area contributed by atoms with Gasteiger partial charge in [0.15, 0.2) is 9.84 Å². The highest BCUT2D eigenvalue weighted by atomic mass is 32.2. The van der Waals surface area contributed by atoms with Crippen molar-refractivity contribution in [2.75, 3.05) is 6.26 Å². The molecule has 0 saturated heterocycles. The van der Waals surface area contributed by atoms with Crippen LogP contribution in [0.2, 0.25) is 0 Å². The number of aryl methyl sites for hydroxylation is 1. The highest BCUT2D eigenvalue weighted by Gasteiger charge is 2.11. The Morgan fingerprint density at radius 2 is 1.71 bits per heavy atom. The van der Waals surface area contributed by atoms with Crippen LogP contribution in [-0.2, 0) is 9.84 Å². The molecule has 0 heterocycles. The Hall–Kier alpha value is -1.03. The van der Waals surface area contributed by atoms with Crippen LogP contribution in [0.15, 0.2) is 23.1 Å². The Balaban J connectivity index is 0.000000791. The van der Waals surface area contributed by atoms with E-state index in [-0.39, 0.29) is 10.6 Å². The topological polar surface area (TPSA) is 54.4 Å². The molecule has 0 aliphatic carbocycles. The molecule has 0 aromatic heterocycles. The van der Waals surface area contributed by atoms with Gasteiger partial charge in [0.1, 0.15) is 10.6 Å². The lowest BCUT2D eigenvalue weighted by molar-refractivity contribution is 0.458. The molecule has 0 unspecified atom stereocenters. The Morgan fingerprint density at radius 3 is 2.07 bits per heavy atom. The molecule has 1 aromatic carbocycles. The van der Waals surface area contributed by atoms with Crippen molar-refractivity contribution in [1.29, 1.82) is 0 Å². The number of phenols is 1. The van der Waals surface area contributed by atoms with Gasteiger partial charge in [-0.2, -0.15) is 0 Å². The number of rotatable bonds is 1. The zero-order valence-corrected chi connectivity index (χ0v) is 9.72. The first-order valence-corrected chi connectivity index (χ1v) is 6.30. The van der Waals surface area contributed by atoms with Gasteiger partial charge in [0.05, 0.1) is 0 Å². The third kappa shape index (κ3) is 3.38. The van der Waals surface area contributed by atoms with Crippen LogP contribution in [0.4, 0.5) is 0 Å². The highest BCUT2D eigenvalue weighted by molar-refractivity contribution is 7.90. The third-order valence-electron chi connectivity index (χ3n) is 1.51. The summed E-state index contributed by atoms with van der Waals surface area (Å²) < 4.78 is 22.0. The smallest absolute Gasteiger partial charge is 0.179 e. The molecule has 0 aliphatic rings. The van der Waals surface area contributed by atoms with Crippen molar-refractivity contribution in [2.45, 2.75) is 25.7 Å². The van der Waals surface area contributed by atoms with Crippen LogP contribution in [0, 0.1) is 6.92 Å². The fraction of sp³-hybridized carbons (Fsp3) is 0.400. The molecule has 0 radical (unpaired) electrons. The molecular formula is C10H16O3S. The first-order chi connectivity index (χ1) is 6.41. The summed E-state index contributed by atoms with van der Waals surface area (Å²) in [5.74, 6) is -0.183. The zero-order chi connectivity index (χ0) is 11.4. The van der Waals surface area contributed by atoms with Crippen molar-refractivity contribution in [1.82, 2.24) is 0 Å². The summed E-state index contributed by atoms with van der Waals surface area (Å²) in [5.41, 5.74) is 0.833. The minimum absolute atomic E-state index is 0.0203. The van der Waals surface area contributed by atoms with E-state index in [4.69, 9.17) is 0 Å². The van der Waals surface area contributed by atoms with Gasteiger partial charge in [-0.25, -0.2) is 8.42 Å². The number of benzene rings is 1. The van der Waals surface area contributed by atoms with Gasteiger partial charge in [0, 0.05) is 6.26 Å². The molecule has 0 aliphatic heterocycles. The third-order valence-corrected chi connectivity index (χ3v) is 2.66. The highest BCUT2D eigenvalue weighted by Crippen LogP contribution is 2.22. The summed E-state index contributed by atoms with van der Waals surface area (Å²) in [6, 6.07) is 4.48. The normalized spacial score (nSPS) is 10.3. The second-order valence-corrected chi connectivity index (χ2v) is 4.73. The molecule has 1 aromatic rings. The molecule has 1 rings (SSSR count). The second-order valence-electron chi connectivity index (χ2n) is 2.74. The molecule has 0 atom stereocenters. The molecular weight excluding hydrogens is 200 g/mol. The van der Waals surface area contributed by atoms with Crippen molar-refractivity contribution in [3.05, 3.63) is 23.8 Å². The van der Waals surface area contributed by atoms with Gasteiger partial charge in [-0.15, -0.1) is 0 Å². The van der Waals surface area contributed by atoms with Crippen molar-refractivity contribution in [2.24, 2.45) is 0 Å². The van der Waals surface area contributed by atoms with Gasteiger partial charge >= 0.3 is 0 Å². The zero-order valence-electron chi connectivity index (χ0n) is 8.90. The van der Waals surface area contributed by atoms with Crippen LogP contribution in [0.3, 0.4) is 0 Å². The van der Waals surface area contributed by atoms with Gasteiger partial charge in [-0.05, 0) is 24.6 Å². The summed E-state index contributed by atoms with van der Waals surface area (Å²) in [6.07, 6.45) is 1.07. The summed E-state index contributed by atoms with van der Waals surface area (Å²) in [4.78, 5) is -0.0203. The summed E-state index contributed by atoms with van der Waals surface area (Å²) in [5, 5.41) is 9.25. The number of phenolic OH excluding ortho intramolecular Hbond substituents is 1. The van der Waals surface area contributed by atoms with Crippen molar-refractivity contribution in [3.8, 4) is 5.75 Å². The molecule has 0 saturated carbocycles. The molecule has 4 heteroatoms. The lowest BCUT2D eigenvalue weighted by Crippen LogP contribution is -1.97. The van der Waals surface area contributed by atoms with Crippen LogP contribution in [0.1, 0.15) is 19.4 Å². The standard InChI is InChI=1S/C8H10O3S.C2H6/c1-6-3-4-8(7(9)5-6)12(2,10)11;1-2/h3-5,9H,1-2H3;1-2H3. The summed E-state index contributed by atoms with van der Waals surface area (Å²) >= 11 is 0. The molecule has 1 N–H and O–H groups in total. The number of hydrogen-bond acceptors (Lipinski definition) is 3. The fourth-order valence-corrected chi connectivity index (χ4v) is 1.70. The number of aromatic hydroxyl groups is 1. The van der Waals surface area contributed by atoms with E-state index in [2.05, 4.69) is 0 Å². The van der Waals surface area contributed by atoms with E-state index in [0.29, 0.717) is 0 Å². The van der Waals surface area contributed by atoms with Gasteiger partial charge in [0.2, 0.25) is 0 Å². The minimum atomic E-state index is -3.30. The largest absolute Gasteiger partial charge is 0.507 e. The maximum Gasteiger partial charge on any atom is 0.179 e. The average molecular weight is 216 g/mol. The van der Waals surface area contributed by atoms with Crippen LogP contribution in [-0.4, -0.2) is 19.8 Å². The lowest BCUT2D eigenvalue weighted by atomic mass is 10.2. The molecule has 80 valence electrons. The van der Waals surface area contributed by atoms with E-state index in [1.54, 1.807) is 13.0 Å². The fourth-order valence-electron chi connectivity index (χ4n) is 0.941. The molecule has 0 bridgehead atoms. The van der Waals surface area contributed by atoms with Gasteiger partial charge in [-0.3, -0.25) is 0 Å².